The zero-order chi connectivity index (χ0) is 14.9. The number of piperidine rings is 1. The van der Waals surface area contributed by atoms with Crippen molar-refractivity contribution < 1.29 is 10.0 Å². The summed E-state index contributed by atoms with van der Waals surface area (Å²) in [5.41, 5.74) is -0.304. The van der Waals surface area contributed by atoms with E-state index in [4.69, 9.17) is 0 Å². The normalized spacial score (nSPS) is 23.1. The van der Waals surface area contributed by atoms with E-state index in [0.717, 1.165) is 19.3 Å². The molecule has 0 bridgehead atoms. The number of hydrogen-bond donors (Lipinski definition) is 1. The average Bonchev–Trinajstić information content (AvgIpc) is 2.65. The van der Waals surface area contributed by atoms with E-state index in [1.807, 2.05) is 11.8 Å². The van der Waals surface area contributed by atoms with Crippen LogP contribution in [0.15, 0.2) is 0 Å². The van der Waals surface area contributed by atoms with Crippen LogP contribution in [0, 0.1) is 17.0 Å². The topological polar surface area (TPSA) is 84.4 Å². The largest absolute Gasteiger partial charge is 0.388 e. The standard InChI is InChI=1S/C13H22N4O3/c1-4-7-16-12(11(17(19)20)10(2)14-16)15-8-5-6-13(3,18)9-15/h18H,4-9H2,1-3H3. The Bertz CT molecular complexity index is 510. The van der Waals surface area contributed by atoms with E-state index >= 15 is 0 Å². The van der Waals surface area contributed by atoms with Gasteiger partial charge in [0.1, 0.15) is 5.69 Å². The van der Waals surface area contributed by atoms with Gasteiger partial charge in [-0.25, -0.2) is 4.68 Å². The van der Waals surface area contributed by atoms with Crippen LogP contribution in [0.2, 0.25) is 0 Å². The van der Waals surface area contributed by atoms with Gasteiger partial charge in [-0.1, -0.05) is 6.92 Å². The first-order chi connectivity index (χ1) is 9.35. The zero-order valence-corrected chi connectivity index (χ0v) is 12.3. The van der Waals surface area contributed by atoms with E-state index in [9.17, 15) is 15.2 Å². The molecule has 7 nitrogen and oxygen atoms in total. The summed E-state index contributed by atoms with van der Waals surface area (Å²) in [6.07, 6.45) is 2.40. The van der Waals surface area contributed by atoms with Crippen LogP contribution in [0.5, 0.6) is 0 Å². The van der Waals surface area contributed by atoms with Gasteiger partial charge in [0.05, 0.1) is 10.5 Å². The second-order valence-corrected chi connectivity index (χ2v) is 5.76. The zero-order valence-electron chi connectivity index (χ0n) is 12.3. The second-order valence-electron chi connectivity index (χ2n) is 5.76. The monoisotopic (exact) mass is 282 g/mol. The van der Waals surface area contributed by atoms with Gasteiger partial charge in [-0.3, -0.25) is 10.1 Å². The number of aryl methyl sites for hydroxylation is 2. The lowest BCUT2D eigenvalue weighted by molar-refractivity contribution is -0.384. The minimum atomic E-state index is -0.804. The molecule has 1 aliphatic rings. The van der Waals surface area contributed by atoms with Crippen molar-refractivity contribution in [3.8, 4) is 0 Å². The highest BCUT2D eigenvalue weighted by molar-refractivity contribution is 5.61. The van der Waals surface area contributed by atoms with Gasteiger partial charge >= 0.3 is 5.69 Å². The Balaban J connectivity index is 2.44. The molecule has 1 saturated heterocycles. The van der Waals surface area contributed by atoms with E-state index < -0.39 is 5.60 Å². The Morgan fingerprint density at radius 1 is 1.55 bits per heavy atom. The maximum atomic E-state index is 11.3. The predicted octanol–water partition coefficient (Wildman–Crippen LogP) is 1.86. The molecule has 0 spiro atoms. The van der Waals surface area contributed by atoms with Crippen LogP contribution >= 0.6 is 0 Å². The fourth-order valence-corrected chi connectivity index (χ4v) is 2.86. The molecule has 2 heterocycles. The molecule has 112 valence electrons. The fraction of sp³-hybridized carbons (Fsp3) is 0.769. The Kier molecular flexibility index (Phi) is 3.99. The van der Waals surface area contributed by atoms with Crippen molar-refractivity contribution in [3.63, 3.8) is 0 Å². The lowest BCUT2D eigenvalue weighted by atomic mass is 9.95. The molecule has 0 aromatic carbocycles. The maximum absolute atomic E-state index is 11.3. The molecule has 1 atom stereocenters. The predicted molar refractivity (Wildman–Crippen MR) is 76.0 cm³/mol. The first-order valence-corrected chi connectivity index (χ1v) is 7.05. The third-order valence-corrected chi connectivity index (χ3v) is 3.66. The lowest BCUT2D eigenvalue weighted by Crippen LogP contribution is -2.47. The number of hydrogen-bond acceptors (Lipinski definition) is 5. The Morgan fingerprint density at radius 2 is 2.25 bits per heavy atom. The molecular formula is C13H22N4O3. The highest BCUT2D eigenvalue weighted by atomic mass is 16.6. The van der Waals surface area contributed by atoms with Crippen LogP contribution in [-0.4, -0.2) is 38.5 Å². The van der Waals surface area contributed by atoms with Crippen LogP contribution in [0.25, 0.3) is 0 Å². The smallest absolute Gasteiger partial charge is 0.333 e. The van der Waals surface area contributed by atoms with Crippen molar-refractivity contribution in [2.45, 2.75) is 52.2 Å². The van der Waals surface area contributed by atoms with Crippen LogP contribution in [0.1, 0.15) is 38.8 Å². The van der Waals surface area contributed by atoms with Crippen molar-refractivity contribution in [1.29, 1.82) is 0 Å². The number of nitro groups is 1. The van der Waals surface area contributed by atoms with Crippen molar-refractivity contribution in [1.82, 2.24) is 9.78 Å². The molecule has 1 aromatic heterocycles. The lowest BCUT2D eigenvalue weighted by Gasteiger charge is -2.37. The summed E-state index contributed by atoms with van der Waals surface area (Å²) in [5.74, 6) is 0.536. The molecule has 2 rings (SSSR count). The molecule has 0 radical (unpaired) electrons. The maximum Gasteiger partial charge on any atom is 0.333 e. The quantitative estimate of drug-likeness (QED) is 0.673. The molecule has 7 heteroatoms. The third-order valence-electron chi connectivity index (χ3n) is 3.66. The molecule has 20 heavy (non-hydrogen) atoms. The van der Waals surface area contributed by atoms with E-state index in [1.54, 1.807) is 18.5 Å². The van der Waals surface area contributed by atoms with E-state index in [-0.39, 0.29) is 10.6 Å². The van der Waals surface area contributed by atoms with Gasteiger partial charge in [0, 0.05) is 19.6 Å². The highest BCUT2D eigenvalue weighted by Gasteiger charge is 2.35. The second kappa shape index (κ2) is 5.40. The summed E-state index contributed by atoms with van der Waals surface area (Å²) in [7, 11) is 0. The first kappa shape index (κ1) is 14.8. The number of rotatable bonds is 4. The minimum Gasteiger partial charge on any atom is -0.388 e. The summed E-state index contributed by atoms with van der Waals surface area (Å²) < 4.78 is 1.70. The van der Waals surface area contributed by atoms with Crippen molar-refractivity contribution in [2.24, 2.45) is 0 Å². The number of aliphatic hydroxyl groups is 1. The number of nitrogens with zero attached hydrogens (tertiary/aromatic N) is 4. The summed E-state index contributed by atoms with van der Waals surface area (Å²) in [4.78, 5) is 12.9. The molecule has 1 aliphatic heterocycles. The molecular weight excluding hydrogens is 260 g/mol. The Morgan fingerprint density at radius 3 is 2.80 bits per heavy atom. The molecule has 1 unspecified atom stereocenters. The van der Waals surface area contributed by atoms with E-state index in [2.05, 4.69) is 5.10 Å². The molecule has 0 saturated carbocycles. The number of β-amino-alcohol motifs (C(OH)–C–C–N with tert-alkyl or cyclic N) is 1. The number of aromatic nitrogens is 2. The Labute approximate surface area is 118 Å². The van der Waals surface area contributed by atoms with E-state index in [0.29, 0.717) is 31.1 Å². The molecule has 1 aromatic rings. The molecule has 1 fully saturated rings. The Hall–Kier alpha value is -1.63. The fourth-order valence-electron chi connectivity index (χ4n) is 2.86. The first-order valence-electron chi connectivity index (χ1n) is 7.05. The van der Waals surface area contributed by atoms with Gasteiger partial charge in [0.15, 0.2) is 0 Å². The van der Waals surface area contributed by atoms with Crippen LogP contribution in [-0.2, 0) is 6.54 Å². The van der Waals surface area contributed by atoms with Gasteiger partial charge in [0.25, 0.3) is 0 Å². The van der Waals surface area contributed by atoms with Crippen molar-refractivity contribution in [3.05, 3.63) is 15.8 Å². The summed E-state index contributed by atoms with van der Waals surface area (Å²) in [6, 6.07) is 0. The van der Waals surface area contributed by atoms with Crippen LogP contribution in [0.3, 0.4) is 0 Å². The van der Waals surface area contributed by atoms with E-state index in [1.165, 1.54) is 0 Å². The van der Waals surface area contributed by atoms with Crippen molar-refractivity contribution in [2.75, 3.05) is 18.0 Å². The van der Waals surface area contributed by atoms with Gasteiger partial charge in [-0.05, 0) is 33.1 Å². The van der Waals surface area contributed by atoms with Gasteiger partial charge < -0.3 is 10.0 Å². The van der Waals surface area contributed by atoms with Crippen LogP contribution < -0.4 is 4.90 Å². The van der Waals surface area contributed by atoms with Gasteiger partial charge in [-0.2, -0.15) is 5.10 Å². The SMILES string of the molecule is CCCn1nc(C)c([N+](=O)[O-])c1N1CCCC(C)(O)C1. The van der Waals surface area contributed by atoms with Gasteiger partial charge in [-0.15, -0.1) is 0 Å². The van der Waals surface area contributed by atoms with Crippen molar-refractivity contribution >= 4 is 11.5 Å². The molecule has 0 aliphatic carbocycles. The third kappa shape index (κ3) is 2.77. The van der Waals surface area contributed by atoms with Crippen LogP contribution in [0.4, 0.5) is 11.5 Å². The number of anilines is 1. The van der Waals surface area contributed by atoms with Gasteiger partial charge in [0.2, 0.25) is 5.82 Å². The molecule has 0 amide bonds. The molecule has 1 N–H and O–H groups in total. The summed E-state index contributed by atoms with van der Waals surface area (Å²) in [5, 5.41) is 25.8. The highest BCUT2D eigenvalue weighted by Crippen LogP contribution is 2.35. The average molecular weight is 282 g/mol. The summed E-state index contributed by atoms with van der Waals surface area (Å²) >= 11 is 0. The minimum absolute atomic E-state index is 0.0659. The summed E-state index contributed by atoms with van der Waals surface area (Å²) in [6.45, 7) is 7.21.